The van der Waals surface area contributed by atoms with E-state index in [9.17, 15) is 10.1 Å². The van der Waals surface area contributed by atoms with Crippen LogP contribution in [0.5, 0.6) is 5.75 Å². The van der Waals surface area contributed by atoms with Crippen LogP contribution in [-0.2, 0) is 4.79 Å². The van der Waals surface area contributed by atoms with Crippen molar-refractivity contribution in [1.29, 1.82) is 5.26 Å². The Morgan fingerprint density at radius 3 is 2.45 bits per heavy atom. The van der Waals surface area contributed by atoms with Gasteiger partial charge in [0.15, 0.2) is 0 Å². The molecule has 1 N–H and O–H groups in total. The molecule has 1 heterocycles. The van der Waals surface area contributed by atoms with Crippen molar-refractivity contribution < 1.29 is 9.53 Å². The third-order valence-corrected chi connectivity index (χ3v) is 3.61. The number of carbonyl (C=O) groups is 1. The molecule has 0 radical (unpaired) electrons. The van der Waals surface area contributed by atoms with Crippen LogP contribution in [0.3, 0.4) is 0 Å². The molecule has 1 aliphatic heterocycles. The SMILES string of the molecule is COc1ccc(N/C=C(/C#N)C(=O)N2CCN(C)CC2)cc1. The van der Waals surface area contributed by atoms with E-state index in [0.29, 0.717) is 13.1 Å². The fourth-order valence-corrected chi connectivity index (χ4v) is 2.16. The zero-order chi connectivity index (χ0) is 15.9. The van der Waals surface area contributed by atoms with Crippen molar-refractivity contribution >= 4 is 11.6 Å². The monoisotopic (exact) mass is 300 g/mol. The van der Waals surface area contributed by atoms with Gasteiger partial charge >= 0.3 is 0 Å². The number of amides is 1. The van der Waals surface area contributed by atoms with Gasteiger partial charge in [-0.15, -0.1) is 0 Å². The molecule has 1 aromatic rings. The average molecular weight is 300 g/mol. The minimum Gasteiger partial charge on any atom is -0.497 e. The molecule has 0 aliphatic carbocycles. The highest BCUT2D eigenvalue weighted by atomic mass is 16.5. The molecule has 1 fully saturated rings. The first kappa shape index (κ1) is 15.9. The molecule has 0 unspecified atom stereocenters. The van der Waals surface area contributed by atoms with Crippen LogP contribution in [0.2, 0.25) is 0 Å². The van der Waals surface area contributed by atoms with E-state index in [4.69, 9.17) is 4.74 Å². The van der Waals surface area contributed by atoms with Gasteiger partial charge in [0.2, 0.25) is 0 Å². The summed E-state index contributed by atoms with van der Waals surface area (Å²) < 4.78 is 5.08. The molecule has 6 heteroatoms. The summed E-state index contributed by atoms with van der Waals surface area (Å²) in [6, 6.07) is 9.24. The van der Waals surface area contributed by atoms with E-state index in [2.05, 4.69) is 10.2 Å². The van der Waals surface area contributed by atoms with Crippen LogP contribution >= 0.6 is 0 Å². The van der Waals surface area contributed by atoms with Crippen molar-refractivity contribution in [2.75, 3.05) is 45.7 Å². The summed E-state index contributed by atoms with van der Waals surface area (Å²) in [6.07, 6.45) is 1.46. The number of carbonyl (C=O) groups excluding carboxylic acids is 1. The average Bonchev–Trinajstić information content (AvgIpc) is 2.56. The lowest BCUT2D eigenvalue weighted by Crippen LogP contribution is -2.47. The van der Waals surface area contributed by atoms with Crippen LogP contribution in [0, 0.1) is 11.3 Å². The van der Waals surface area contributed by atoms with E-state index in [1.54, 1.807) is 12.0 Å². The molecular formula is C16H20N4O2. The Hall–Kier alpha value is -2.52. The Balaban J connectivity index is 2.00. The number of rotatable bonds is 4. The van der Waals surface area contributed by atoms with Crippen LogP contribution < -0.4 is 10.1 Å². The van der Waals surface area contributed by atoms with Gasteiger partial charge in [-0.1, -0.05) is 0 Å². The molecule has 0 saturated carbocycles. The number of methoxy groups -OCH3 is 1. The van der Waals surface area contributed by atoms with Gasteiger partial charge in [-0.2, -0.15) is 5.26 Å². The predicted molar refractivity (Wildman–Crippen MR) is 84.4 cm³/mol. The number of nitrogens with one attached hydrogen (secondary N) is 1. The molecule has 2 rings (SSSR count). The van der Waals surface area contributed by atoms with E-state index in [1.807, 2.05) is 37.4 Å². The van der Waals surface area contributed by atoms with E-state index < -0.39 is 0 Å². The summed E-state index contributed by atoms with van der Waals surface area (Å²) in [4.78, 5) is 16.2. The standard InChI is InChI=1S/C16H20N4O2/c1-19-7-9-20(10-8-19)16(21)13(11-17)12-18-14-3-5-15(22-2)6-4-14/h3-6,12,18H,7-10H2,1-2H3/b13-12-. The number of nitriles is 1. The van der Waals surface area contributed by atoms with E-state index in [0.717, 1.165) is 24.5 Å². The van der Waals surface area contributed by atoms with Gasteiger partial charge in [-0.3, -0.25) is 4.79 Å². The zero-order valence-electron chi connectivity index (χ0n) is 12.9. The van der Waals surface area contributed by atoms with Gasteiger partial charge in [0.25, 0.3) is 5.91 Å². The highest BCUT2D eigenvalue weighted by Gasteiger charge is 2.21. The van der Waals surface area contributed by atoms with Gasteiger partial charge in [0.1, 0.15) is 17.4 Å². The fraction of sp³-hybridized carbons (Fsp3) is 0.375. The molecule has 1 aliphatic rings. The minimum absolute atomic E-state index is 0.111. The number of piperazine rings is 1. The maximum Gasteiger partial charge on any atom is 0.266 e. The van der Waals surface area contributed by atoms with Gasteiger partial charge in [-0.25, -0.2) is 0 Å². The number of anilines is 1. The smallest absolute Gasteiger partial charge is 0.266 e. The van der Waals surface area contributed by atoms with Crippen LogP contribution in [0.4, 0.5) is 5.69 Å². The number of hydrogen-bond donors (Lipinski definition) is 1. The molecular weight excluding hydrogens is 280 g/mol. The second-order valence-electron chi connectivity index (χ2n) is 5.14. The molecule has 6 nitrogen and oxygen atoms in total. The highest BCUT2D eigenvalue weighted by Crippen LogP contribution is 2.15. The van der Waals surface area contributed by atoms with Crippen LogP contribution in [0.15, 0.2) is 36.0 Å². The van der Waals surface area contributed by atoms with Crippen LogP contribution in [0.1, 0.15) is 0 Å². The summed E-state index contributed by atoms with van der Waals surface area (Å²) in [5, 5.41) is 12.2. The van der Waals surface area contributed by atoms with Crippen molar-refractivity contribution in [3.63, 3.8) is 0 Å². The third-order valence-electron chi connectivity index (χ3n) is 3.61. The second-order valence-corrected chi connectivity index (χ2v) is 5.14. The van der Waals surface area contributed by atoms with Gasteiger partial charge < -0.3 is 19.9 Å². The van der Waals surface area contributed by atoms with E-state index >= 15 is 0 Å². The van der Waals surface area contributed by atoms with Crippen molar-refractivity contribution in [2.24, 2.45) is 0 Å². The lowest BCUT2D eigenvalue weighted by atomic mass is 10.2. The zero-order valence-corrected chi connectivity index (χ0v) is 12.9. The third kappa shape index (κ3) is 3.99. The van der Waals surface area contributed by atoms with Crippen molar-refractivity contribution in [3.05, 3.63) is 36.0 Å². The number of likely N-dealkylation sites (N-methyl/N-ethyl adjacent to an activating group) is 1. The quantitative estimate of drug-likeness (QED) is 0.670. The molecule has 1 saturated heterocycles. The molecule has 1 aromatic carbocycles. The first-order valence-corrected chi connectivity index (χ1v) is 7.12. The number of hydrogen-bond acceptors (Lipinski definition) is 5. The van der Waals surface area contributed by atoms with Gasteiger partial charge in [0, 0.05) is 38.1 Å². The van der Waals surface area contributed by atoms with Gasteiger partial charge in [0.05, 0.1) is 7.11 Å². The largest absolute Gasteiger partial charge is 0.497 e. The number of benzene rings is 1. The highest BCUT2D eigenvalue weighted by molar-refractivity contribution is 5.97. The summed E-state index contributed by atoms with van der Waals surface area (Å²) in [5.74, 6) is 0.528. The summed E-state index contributed by atoms with van der Waals surface area (Å²) in [6.45, 7) is 2.96. The lowest BCUT2D eigenvalue weighted by Gasteiger charge is -2.32. The predicted octanol–water partition coefficient (Wildman–Crippen LogP) is 1.29. The molecule has 1 amide bonds. The normalized spacial score (nSPS) is 16.0. The number of nitrogens with zero attached hydrogens (tertiary/aromatic N) is 3. The minimum atomic E-state index is -0.225. The molecule has 0 bridgehead atoms. The number of ether oxygens (including phenoxy) is 1. The van der Waals surface area contributed by atoms with E-state index in [1.165, 1.54) is 6.20 Å². The van der Waals surface area contributed by atoms with Gasteiger partial charge in [-0.05, 0) is 31.3 Å². The summed E-state index contributed by atoms with van der Waals surface area (Å²) in [7, 11) is 3.62. The maximum atomic E-state index is 12.3. The Morgan fingerprint density at radius 2 is 1.91 bits per heavy atom. The Morgan fingerprint density at radius 1 is 1.27 bits per heavy atom. The molecule has 0 aromatic heterocycles. The first-order valence-electron chi connectivity index (χ1n) is 7.12. The maximum absolute atomic E-state index is 12.3. The van der Waals surface area contributed by atoms with Crippen molar-refractivity contribution in [3.8, 4) is 11.8 Å². The Bertz CT molecular complexity index is 581. The molecule has 0 spiro atoms. The second kappa shape index (κ2) is 7.48. The van der Waals surface area contributed by atoms with E-state index in [-0.39, 0.29) is 11.5 Å². The van der Waals surface area contributed by atoms with Crippen LogP contribution in [-0.4, -0.2) is 56.0 Å². The topological polar surface area (TPSA) is 68.6 Å². The Labute approximate surface area is 130 Å². The van der Waals surface area contributed by atoms with Crippen molar-refractivity contribution in [1.82, 2.24) is 9.80 Å². The first-order chi connectivity index (χ1) is 10.6. The molecule has 22 heavy (non-hydrogen) atoms. The van der Waals surface area contributed by atoms with Crippen molar-refractivity contribution in [2.45, 2.75) is 0 Å². The lowest BCUT2D eigenvalue weighted by molar-refractivity contribution is -0.128. The fourth-order valence-electron chi connectivity index (χ4n) is 2.16. The van der Waals surface area contributed by atoms with Crippen LogP contribution in [0.25, 0.3) is 0 Å². The molecule has 0 atom stereocenters. The summed E-state index contributed by atoms with van der Waals surface area (Å²) >= 11 is 0. The summed E-state index contributed by atoms with van der Waals surface area (Å²) in [5.41, 5.74) is 0.903. The molecule has 116 valence electrons. The Kier molecular flexibility index (Phi) is 5.39.